The maximum Gasteiger partial charge on any atom is 0.339 e. The third kappa shape index (κ3) is 4.70. The van der Waals surface area contributed by atoms with Crippen LogP contribution in [0.15, 0.2) is 51.7 Å². The van der Waals surface area contributed by atoms with Crippen molar-refractivity contribution in [2.45, 2.75) is 58.7 Å². The average Bonchev–Trinajstić information content (AvgIpc) is 2.73. The van der Waals surface area contributed by atoms with Crippen molar-refractivity contribution in [3.63, 3.8) is 0 Å². The second-order valence-electron chi connectivity index (χ2n) is 8.85. The Bertz CT molecular complexity index is 1180. The van der Waals surface area contributed by atoms with Crippen LogP contribution >= 0.6 is 0 Å². The third-order valence-electron chi connectivity index (χ3n) is 5.94. The Hall–Kier alpha value is -3.12. The minimum absolute atomic E-state index is 0.0724. The van der Waals surface area contributed by atoms with Crippen LogP contribution in [0.5, 0.6) is 5.75 Å². The van der Waals surface area contributed by atoms with Crippen molar-refractivity contribution in [2.24, 2.45) is 0 Å². The van der Waals surface area contributed by atoms with Gasteiger partial charge in [-0.15, -0.1) is 0 Å². The van der Waals surface area contributed by atoms with Crippen molar-refractivity contribution in [3.8, 4) is 5.75 Å². The number of rotatable bonds is 6. The molecule has 0 radical (unpaired) electrons. The first kappa shape index (κ1) is 22.1. The molecule has 0 amide bonds. The summed E-state index contributed by atoms with van der Waals surface area (Å²) in [6, 6.07) is 13.6. The van der Waals surface area contributed by atoms with Gasteiger partial charge >= 0.3 is 11.6 Å². The van der Waals surface area contributed by atoms with Crippen LogP contribution < -0.4 is 5.63 Å². The third-order valence-corrected chi connectivity index (χ3v) is 5.94. The molecule has 0 saturated heterocycles. The van der Waals surface area contributed by atoms with Gasteiger partial charge in [0, 0.05) is 25.2 Å². The van der Waals surface area contributed by atoms with Crippen LogP contribution in [0.4, 0.5) is 0 Å². The van der Waals surface area contributed by atoms with Gasteiger partial charge in [-0.25, -0.2) is 4.79 Å². The van der Waals surface area contributed by atoms with E-state index in [1.54, 1.807) is 12.1 Å². The number of hydrogen-bond donors (Lipinski definition) is 1. The van der Waals surface area contributed by atoms with Gasteiger partial charge in [-0.2, -0.15) is 0 Å². The minimum Gasteiger partial charge on any atom is -0.507 e. The first-order valence-electron chi connectivity index (χ1n) is 11.1. The van der Waals surface area contributed by atoms with E-state index in [0.29, 0.717) is 29.5 Å². The van der Waals surface area contributed by atoms with Gasteiger partial charge in [0.15, 0.2) is 0 Å². The monoisotopic (exact) mass is 435 g/mol. The van der Waals surface area contributed by atoms with Crippen LogP contribution in [0.25, 0.3) is 11.0 Å². The van der Waals surface area contributed by atoms with Crippen LogP contribution in [0, 0.1) is 0 Å². The summed E-state index contributed by atoms with van der Waals surface area (Å²) in [5.74, 6) is -0.411. The summed E-state index contributed by atoms with van der Waals surface area (Å²) in [5.41, 5.74) is 3.41. The summed E-state index contributed by atoms with van der Waals surface area (Å²) in [7, 11) is 0. The molecule has 1 N–H and O–H groups in total. The van der Waals surface area contributed by atoms with E-state index in [1.165, 1.54) is 5.56 Å². The zero-order valence-corrected chi connectivity index (χ0v) is 18.8. The molecule has 2 heterocycles. The number of esters is 1. The summed E-state index contributed by atoms with van der Waals surface area (Å²) < 4.78 is 10.8. The molecule has 1 aliphatic rings. The van der Waals surface area contributed by atoms with E-state index in [0.717, 1.165) is 24.2 Å². The number of phenolic OH excluding ortho intramolecular Hbond substituents is 1. The Kier molecular flexibility index (Phi) is 6.33. The molecule has 6 nitrogen and oxygen atoms in total. The molecule has 0 aliphatic carbocycles. The number of phenols is 1. The number of aromatic hydroxyl groups is 1. The van der Waals surface area contributed by atoms with Gasteiger partial charge in [0.2, 0.25) is 0 Å². The molecular weight excluding hydrogens is 406 g/mol. The number of ether oxygens (including phenoxy) is 1. The summed E-state index contributed by atoms with van der Waals surface area (Å²) in [6.45, 7) is 7.60. The normalized spacial score (nSPS) is 15.0. The van der Waals surface area contributed by atoms with Crippen molar-refractivity contribution in [1.82, 2.24) is 4.90 Å². The van der Waals surface area contributed by atoms with Gasteiger partial charge in [-0.3, -0.25) is 9.69 Å². The fourth-order valence-electron chi connectivity index (χ4n) is 4.38. The highest BCUT2D eigenvalue weighted by atomic mass is 16.5. The van der Waals surface area contributed by atoms with Crippen molar-refractivity contribution in [2.75, 3.05) is 6.54 Å². The maximum absolute atomic E-state index is 12.7. The number of carbonyl (C=O) groups excluding carboxylic acids is 1. The zero-order valence-electron chi connectivity index (χ0n) is 18.8. The summed E-state index contributed by atoms with van der Waals surface area (Å²) >= 11 is 0. The molecule has 1 unspecified atom stereocenters. The summed E-state index contributed by atoms with van der Waals surface area (Å²) in [6.07, 6.45) is 0.588. The Morgan fingerprint density at radius 2 is 1.91 bits per heavy atom. The highest BCUT2D eigenvalue weighted by Crippen LogP contribution is 2.36. The van der Waals surface area contributed by atoms with Gasteiger partial charge in [0.25, 0.3) is 0 Å². The summed E-state index contributed by atoms with van der Waals surface area (Å²) in [4.78, 5) is 27.0. The maximum atomic E-state index is 12.7. The van der Waals surface area contributed by atoms with Gasteiger partial charge in [0.1, 0.15) is 11.3 Å². The lowest BCUT2D eigenvalue weighted by Gasteiger charge is -2.29. The van der Waals surface area contributed by atoms with Gasteiger partial charge in [-0.1, -0.05) is 37.3 Å². The number of hydrogen-bond acceptors (Lipinski definition) is 6. The largest absolute Gasteiger partial charge is 0.507 e. The van der Waals surface area contributed by atoms with Gasteiger partial charge in [-0.05, 0) is 55.0 Å². The first-order valence-corrected chi connectivity index (χ1v) is 11.1. The molecule has 168 valence electrons. The van der Waals surface area contributed by atoms with Crippen molar-refractivity contribution < 1.29 is 19.1 Å². The Labute approximate surface area is 187 Å². The lowest BCUT2D eigenvalue weighted by Crippen LogP contribution is -2.33. The Balaban J connectivity index is 1.65. The van der Waals surface area contributed by atoms with E-state index in [-0.39, 0.29) is 35.8 Å². The molecule has 2 aromatic carbocycles. The van der Waals surface area contributed by atoms with Crippen molar-refractivity contribution in [1.29, 1.82) is 0 Å². The summed E-state index contributed by atoms with van der Waals surface area (Å²) in [5, 5.41) is 11.5. The van der Waals surface area contributed by atoms with Crippen LogP contribution in [-0.4, -0.2) is 28.6 Å². The quantitative estimate of drug-likeness (QED) is 0.454. The van der Waals surface area contributed by atoms with E-state index in [2.05, 4.69) is 17.0 Å². The molecule has 0 spiro atoms. The highest BCUT2D eigenvalue weighted by molar-refractivity contribution is 5.88. The Morgan fingerprint density at radius 1 is 1.16 bits per heavy atom. The van der Waals surface area contributed by atoms with E-state index < -0.39 is 0 Å². The van der Waals surface area contributed by atoms with Gasteiger partial charge in [0.05, 0.1) is 17.9 Å². The fourth-order valence-corrected chi connectivity index (χ4v) is 4.38. The van der Waals surface area contributed by atoms with Crippen LogP contribution in [0.1, 0.15) is 55.4 Å². The van der Waals surface area contributed by atoms with E-state index in [4.69, 9.17) is 9.15 Å². The van der Waals surface area contributed by atoms with E-state index in [1.807, 2.05) is 39.0 Å². The van der Waals surface area contributed by atoms with Crippen LogP contribution in [0.3, 0.4) is 0 Å². The fraction of sp³-hybridized carbons (Fsp3) is 0.385. The highest BCUT2D eigenvalue weighted by Gasteiger charge is 2.25. The molecule has 0 fully saturated rings. The zero-order chi connectivity index (χ0) is 22.8. The van der Waals surface area contributed by atoms with Crippen LogP contribution in [0.2, 0.25) is 0 Å². The molecule has 32 heavy (non-hydrogen) atoms. The molecule has 0 saturated carbocycles. The molecule has 0 bridgehead atoms. The van der Waals surface area contributed by atoms with Crippen LogP contribution in [-0.2, 0) is 29.0 Å². The Morgan fingerprint density at radius 3 is 2.62 bits per heavy atom. The lowest BCUT2D eigenvalue weighted by atomic mass is 9.92. The second kappa shape index (κ2) is 9.17. The standard InChI is InChI=1S/C26H29NO5/c1-16(2)31-24(29)11-17(3)19-12-22(28)25-21-15-27(14-18-7-5-4-6-8-18)10-9-20(21)26(30)32-23(25)13-19/h4-8,12-13,16-17,28H,9-11,14-15H2,1-3H3. The predicted octanol–water partition coefficient (Wildman–Crippen LogP) is 4.50. The first-order chi connectivity index (χ1) is 15.3. The smallest absolute Gasteiger partial charge is 0.339 e. The minimum atomic E-state index is -0.352. The van der Waals surface area contributed by atoms with E-state index in [9.17, 15) is 14.7 Å². The van der Waals surface area contributed by atoms with E-state index >= 15 is 0 Å². The molecular formula is C26H29NO5. The van der Waals surface area contributed by atoms with Crippen molar-refractivity contribution >= 4 is 16.9 Å². The molecule has 1 atom stereocenters. The molecule has 1 aromatic heterocycles. The molecule has 6 heteroatoms. The molecule has 4 rings (SSSR count). The number of carbonyl (C=O) groups is 1. The number of fused-ring (bicyclic) bond motifs is 3. The average molecular weight is 436 g/mol. The second-order valence-corrected chi connectivity index (χ2v) is 8.85. The lowest BCUT2D eigenvalue weighted by molar-refractivity contribution is -0.147. The van der Waals surface area contributed by atoms with Gasteiger partial charge < -0.3 is 14.3 Å². The molecule has 3 aromatic rings. The predicted molar refractivity (Wildman–Crippen MR) is 123 cm³/mol. The number of nitrogens with zero attached hydrogens (tertiary/aromatic N) is 1. The molecule has 1 aliphatic heterocycles. The SMILES string of the molecule is CC(C)OC(=O)CC(C)c1cc(O)c2c3c(c(=O)oc2c1)CCN(Cc1ccccc1)C3. The number of benzene rings is 2. The van der Waals surface area contributed by atoms with Crippen molar-refractivity contribution in [3.05, 3.63) is 75.1 Å². The topological polar surface area (TPSA) is 80.0 Å².